The molecule has 1 N–H and O–H groups in total. The zero-order chi connectivity index (χ0) is 14.5. The van der Waals surface area contributed by atoms with Crippen molar-refractivity contribution >= 4 is 0 Å². The fourth-order valence-electron chi connectivity index (χ4n) is 3.42. The standard InChI is InChI=1S/C16H25NO4/c18-13(11-19-12-14-4-3-8-20-14)10-17-7-9-21-16-6-2-1-5-15(16)17/h3-4,8,13,15-16,18H,1-2,5-7,9-12H2. The molecular formula is C16H25NO4. The third-order valence-corrected chi connectivity index (χ3v) is 4.43. The Hall–Kier alpha value is -0.880. The van der Waals surface area contributed by atoms with Crippen LogP contribution >= 0.6 is 0 Å². The lowest BCUT2D eigenvalue weighted by atomic mass is 9.90. The molecule has 3 rings (SSSR count). The SMILES string of the molecule is OC(COCc1ccco1)CN1CCOC2CCCCC21. The normalized spacial score (nSPS) is 28.2. The maximum atomic E-state index is 10.2. The molecule has 5 heteroatoms. The van der Waals surface area contributed by atoms with Crippen LogP contribution in [0.2, 0.25) is 0 Å². The minimum Gasteiger partial charge on any atom is -0.467 e. The number of nitrogens with zero attached hydrogens (tertiary/aromatic N) is 1. The Bertz CT molecular complexity index is 406. The van der Waals surface area contributed by atoms with E-state index in [2.05, 4.69) is 4.90 Å². The summed E-state index contributed by atoms with van der Waals surface area (Å²) in [4.78, 5) is 2.38. The fourth-order valence-corrected chi connectivity index (χ4v) is 3.42. The summed E-state index contributed by atoms with van der Waals surface area (Å²) in [5.41, 5.74) is 0. The van der Waals surface area contributed by atoms with Crippen molar-refractivity contribution in [3.8, 4) is 0 Å². The topological polar surface area (TPSA) is 55.1 Å². The first-order valence-electron chi connectivity index (χ1n) is 7.97. The van der Waals surface area contributed by atoms with Crippen LogP contribution in [-0.2, 0) is 16.1 Å². The van der Waals surface area contributed by atoms with Gasteiger partial charge in [-0.1, -0.05) is 12.8 Å². The minimum absolute atomic E-state index is 0.343. The van der Waals surface area contributed by atoms with E-state index >= 15 is 0 Å². The Balaban J connectivity index is 1.41. The van der Waals surface area contributed by atoms with Gasteiger partial charge in [-0.2, -0.15) is 0 Å². The van der Waals surface area contributed by atoms with Crippen molar-refractivity contribution < 1.29 is 19.0 Å². The Morgan fingerprint density at radius 3 is 3.14 bits per heavy atom. The molecule has 0 radical (unpaired) electrons. The van der Waals surface area contributed by atoms with E-state index in [0.717, 1.165) is 25.3 Å². The molecule has 118 valence electrons. The Kier molecular flexibility index (Phi) is 5.30. The van der Waals surface area contributed by atoms with E-state index in [-0.39, 0.29) is 0 Å². The van der Waals surface area contributed by atoms with E-state index in [1.807, 2.05) is 12.1 Å². The summed E-state index contributed by atoms with van der Waals surface area (Å²) in [6, 6.07) is 4.19. The van der Waals surface area contributed by atoms with Gasteiger partial charge in [0.15, 0.2) is 0 Å². The molecular weight excluding hydrogens is 270 g/mol. The summed E-state index contributed by atoms with van der Waals surface area (Å²) >= 11 is 0. The smallest absolute Gasteiger partial charge is 0.129 e. The number of furan rings is 1. The van der Waals surface area contributed by atoms with Gasteiger partial charge in [-0.3, -0.25) is 4.90 Å². The lowest BCUT2D eigenvalue weighted by Crippen LogP contribution is -2.54. The van der Waals surface area contributed by atoms with Crippen LogP contribution < -0.4 is 0 Å². The summed E-state index contributed by atoms with van der Waals surface area (Å²) in [5.74, 6) is 0.793. The van der Waals surface area contributed by atoms with E-state index in [4.69, 9.17) is 13.9 Å². The summed E-state index contributed by atoms with van der Waals surface area (Å²) < 4.78 is 16.6. The van der Waals surface area contributed by atoms with Gasteiger partial charge in [0.05, 0.1) is 31.7 Å². The molecule has 2 heterocycles. The van der Waals surface area contributed by atoms with Gasteiger partial charge < -0.3 is 19.0 Å². The molecule has 2 aliphatic rings. The third-order valence-electron chi connectivity index (χ3n) is 4.43. The largest absolute Gasteiger partial charge is 0.467 e. The zero-order valence-corrected chi connectivity index (χ0v) is 12.4. The number of ether oxygens (including phenoxy) is 2. The molecule has 2 fully saturated rings. The highest BCUT2D eigenvalue weighted by atomic mass is 16.5. The van der Waals surface area contributed by atoms with Crippen LogP contribution in [0.15, 0.2) is 22.8 Å². The lowest BCUT2D eigenvalue weighted by molar-refractivity contribution is -0.103. The molecule has 21 heavy (non-hydrogen) atoms. The highest BCUT2D eigenvalue weighted by Crippen LogP contribution is 2.28. The molecule has 0 bridgehead atoms. The fraction of sp³-hybridized carbons (Fsp3) is 0.750. The first kappa shape index (κ1) is 15.0. The Morgan fingerprint density at radius 1 is 1.38 bits per heavy atom. The number of morpholine rings is 1. The number of fused-ring (bicyclic) bond motifs is 1. The highest BCUT2D eigenvalue weighted by molar-refractivity contribution is 4.96. The van der Waals surface area contributed by atoms with Crippen LogP contribution in [0.1, 0.15) is 31.4 Å². The van der Waals surface area contributed by atoms with Gasteiger partial charge >= 0.3 is 0 Å². The second-order valence-corrected chi connectivity index (χ2v) is 6.00. The molecule has 5 nitrogen and oxygen atoms in total. The van der Waals surface area contributed by atoms with Crippen molar-refractivity contribution in [2.24, 2.45) is 0 Å². The van der Waals surface area contributed by atoms with Gasteiger partial charge in [-0.15, -0.1) is 0 Å². The predicted molar refractivity (Wildman–Crippen MR) is 77.9 cm³/mol. The first-order valence-corrected chi connectivity index (χ1v) is 7.97. The minimum atomic E-state index is -0.458. The van der Waals surface area contributed by atoms with E-state index in [1.165, 1.54) is 19.3 Å². The molecule has 1 aromatic rings. The molecule has 1 saturated carbocycles. The summed E-state index contributed by atoms with van der Waals surface area (Å²) in [7, 11) is 0. The quantitative estimate of drug-likeness (QED) is 0.867. The van der Waals surface area contributed by atoms with Crippen LogP contribution in [-0.4, -0.2) is 54.6 Å². The van der Waals surface area contributed by atoms with Crippen LogP contribution in [0, 0.1) is 0 Å². The molecule has 1 aliphatic carbocycles. The maximum absolute atomic E-state index is 10.2. The van der Waals surface area contributed by atoms with E-state index in [0.29, 0.717) is 31.9 Å². The van der Waals surface area contributed by atoms with E-state index < -0.39 is 6.10 Å². The van der Waals surface area contributed by atoms with E-state index in [9.17, 15) is 5.11 Å². The van der Waals surface area contributed by atoms with Crippen molar-refractivity contribution in [3.05, 3.63) is 24.2 Å². The van der Waals surface area contributed by atoms with E-state index in [1.54, 1.807) is 6.26 Å². The maximum Gasteiger partial charge on any atom is 0.129 e. The number of rotatable bonds is 6. The van der Waals surface area contributed by atoms with Gasteiger partial charge in [0.2, 0.25) is 0 Å². The Labute approximate surface area is 125 Å². The number of hydrogen-bond acceptors (Lipinski definition) is 5. The van der Waals surface area contributed by atoms with Gasteiger partial charge in [0, 0.05) is 19.1 Å². The number of aliphatic hydroxyl groups is 1. The second-order valence-electron chi connectivity index (χ2n) is 6.00. The summed E-state index contributed by atoms with van der Waals surface area (Å²) in [6.45, 7) is 3.12. The number of β-amino-alcohol motifs (C(OH)–C–C–N with tert-alkyl or cyclic N) is 1. The second kappa shape index (κ2) is 7.40. The van der Waals surface area contributed by atoms with Crippen molar-refractivity contribution in [2.45, 2.75) is 50.5 Å². The summed E-state index contributed by atoms with van der Waals surface area (Å²) in [6.07, 6.45) is 6.42. The van der Waals surface area contributed by atoms with Gasteiger partial charge in [-0.25, -0.2) is 0 Å². The van der Waals surface area contributed by atoms with Crippen molar-refractivity contribution in [2.75, 3.05) is 26.3 Å². The van der Waals surface area contributed by atoms with Crippen molar-refractivity contribution in [3.63, 3.8) is 0 Å². The molecule has 0 amide bonds. The molecule has 1 aromatic heterocycles. The highest BCUT2D eigenvalue weighted by Gasteiger charge is 2.34. The molecule has 1 aliphatic heterocycles. The third kappa shape index (κ3) is 4.07. The molecule has 3 atom stereocenters. The van der Waals surface area contributed by atoms with Crippen molar-refractivity contribution in [1.29, 1.82) is 0 Å². The number of aliphatic hydroxyl groups excluding tert-OH is 1. The average molecular weight is 295 g/mol. The molecule has 3 unspecified atom stereocenters. The molecule has 0 aromatic carbocycles. The summed E-state index contributed by atoms with van der Waals surface area (Å²) in [5, 5.41) is 10.2. The van der Waals surface area contributed by atoms with Crippen LogP contribution in [0.25, 0.3) is 0 Å². The average Bonchev–Trinajstić information content (AvgIpc) is 3.01. The van der Waals surface area contributed by atoms with Gasteiger partial charge in [0.25, 0.3) is 0 Å². The van der Waals surface area contributed by atoms with Crippen LogP contribution in [0.3, 0.4) is 0 Å². The first-order chi connectivity index (χ1) is 10.3. The lowest BCUT2D eigenvalue weighted by Gasteiger charge is -2.44. The van der Waals surface area contributed by atoms with Crippen LogP contribution in [0.4, 0.5) is 0 Å². The monoisotopic (exact) mass is 295 g/mol. The van der Waals surface area contributed by atoms with Gasteiger partial charge in [0.1, 0.15) is 12.4 Å². The number of hydrogen-bond donors (Lipinski definition) is 1. The van der Waals surface area contributed by atoms with Crippen molar-refractivity contribution in [1.82, 2.24) is 4.90 Å². The zero-order valence-electron chi connectivity index (χ0n) is 12.4. The Morgan fingerprint density at radius 2 is 2.29 bits per heavy atom. The molecule has 0 spiro atoms. The molecule has 1 saturated heterocycles. The predicted octanol–water partition coefficient (Wildman–Crippen LogP) is 1.80. The van der Waals surface area contributed by atoms with Gasteiger partial charge in [-0.05, 0) is 25.0 Å². The van der Waals surface area contributed by atoms with Crippen LogP contribution in [0.5, 0.6) is 0 Å².